The predicted octanol–water partition coefficient (Wildman–Crippen LogP) is 3.48. The third kappa shape index (κ3) is 4.27. The number of para-hydroxylation sites is 1. The zero-order valence-electron chi connectivity index (χ0n) is 13.3. The summed E-state index contributed by atoms with van der Waals surface area (Å²) in [7, 11) is 0. The van der Waals surface area contributed by atoms with Gasteiger partial charge in [-0.1, -0.05) is 54.6 Å². The van der Waals surface area contributed by atoms with Crippen LogP contribution in [0.25, 0.3) is 11.1 Å². The van der Waals surface area contributed by atoms with E-state index in [-0.39, 0.29) is 12.5 Å². The average Bonchev–Trinajstić information content (AvgIpc) is 2.64. The molecular formula is C20H19N3O. The fourth-order valence-electron chi connectivity index (χ4n) is 2.46. The van der Waals surface area contributed by atoms with E-state index in [1.54, 1.807) is 6.20 Å². The van der Waals surface area contributed by atoms with Gasteiger partial charge in [0.05, 0.1) is 12.2 Å². The molecule has 0 spiro atoms. The molecule has 0 aliphatic rings. The van der Waals surface area contributed by atoms with Gasteiger partial charge < -0.3 is 10.6 Å². The van der Waals surface area contributed by atoms with Crippen molar-refractivity contribution in [2.75, 3.05) is 11.9 Å². The highest BCUT2D eigenvalue weighted by molar-refractivity contribution is 5.96. The van der Waals surface area contributed by atoms with E-state index in [0.29, 0.717) is 6.54 Å². The number of aromatic nitrogens is 1. The second-order valence-electron chi connectivity index (χ2n) is 5.38. The molecule has 0 saturated carbocycles. The quantitative estimate of drug-likeness (QED) is 0.732. The van der Waals surface area contributed by atoms with Crippen LogP contribution in [0.4, 0.5) is 5.69 Å². The Bertz CT molecular complexity index is 788. The van der Waals surface area contributed by atoms with Gasteiger partial charge in [0.2, 0.25) is 5.91 Å². The van der Waals surface area contributed by atoms with Gasteiger partial charge in [-0.2, -0.15) is 0 Å². The Morgan fingerprint density at radius 1 is 0.875 bits per heavy atom. The maximum atomic E-state index is 12.2. The van der Waals surface area contributed by atoms with Crippen LogP contribution in [0.2, 0.25) is 0 Å². The number of pyridine rings is 1. The van der Waals surface area contributed by atoms with Gasteiger partial charge in [0.15, 0.2) is 0 Å². The monoisotopic (exact) mass is 317 g/mol. The maximum Gasteiger partial charge on any atom is 0.238 e. The first-order valence-corrected chi connectivity index (χ1v) is 7.88. The normalized spacial score (nSPS) is 10.3. The molecule has 120 valence electrons. The Labute approximate surface area is 141 Å². The number of hydrogen-bond acceptors (Lipinski definition) is 3. The summed E-state index contributed by atoms with van der Waals surface area (Å²) >= 11 is 0. The second-order valence-corrected chi connectivity index (χ2v) is 5.38. The number of amides is 1. The molecule has 1 heterocycles. The summed E-state index contributed by atoms with van der Waals surface area (Å²) in [5, 5.41) is 6.08. The molecule has 0 unspecified atom stereocenters. The number of anilines is 1. The van der Waals surface area contributed by atoms with Gasteiger partial charge in [-0.05, 0) is 23.8 Å². The van der Waals surface area contributed by atoms with Crippen molar-refractivity contribution in [1.82, 2.24) is 10.3 Å². The minimum absolute atomic E-state index is 0.0747. The second kappa shape index (κ2) is 8.04. The van der Waals surface area contributed by atoms with Crippen molar-refractivity contribution in [3.8, 4) is 11.1 Å². The van der Waals surface area contributed by atoms with Gasteiger partial charge in [0, 0.05) is 24.0 Å². The molecule has 3 rings (SSSR count). The fourth-order valence-corrected chi connectivity index (χ4v) is 2.46. The molecule has 2 aromatic carbocycles. The molecule has 2 N–H and O–H groups in total. The standard InChI is InChI=1S/C20H19N3O/c24-20(15-21-14-17-10-6-7-13-22-17)23-19-12-5-4-11-18(19)16-8-2-1-3-9-16/h1-13,21H,14-15H2,(H,23,24). The van der Waals surface area contributed by atoms with Gasteiger partial charge in [0.1, 0.15) is 0 Å². The molecule has 0 aliphatic heterocycles. The molecule has 0 atom stereocenters. The van der Waals surface area contributed by atoms with Gasteiger partial charge in [-0.15, -0.1) is 0 Å². The number of carbonyl (C=O) groups excluding carboxylic acids is 1. The van der Waals surface area contributed by atoms with Crippen molar-refractivity contribution in [3.63, 3.8) is 0 Å². The Balaban J connectivity index is 1.61. The number of carbonyl (C=O) groups is 1. The van der Waals surface area contributed by atoms with E-state index in [4.69, 9.17) is 0 Å². The van der Waals surface area contributed by atoms with E-state index in [2.05, 4.69) is 15.6 Å². The third-order valence-electron chi connectivity index (χ3n) is 3.60. The molecule has 3 aromatic rings. The molecule has 1 aromatic heterocycles. The highest BCUT2D eigenvalue weighted by atomic mass is 16.1. The molecule has 0 radical (unpaired) electrons. The van der Waals surface area contributed by atoms with E-state index in [9.17, 15) is 4.79 Å². The van der Waals surface area contributed by atoms with Crippen LogP contribution in [-0.2, 0) is 11.3 Å². The minimum atomic E-state index is -0.0747. The van der Waals surface area contributed by atoms with Crippen LogP contribution < -0.4 is 10.6 Å². The lowest BCUT2D eigenvalue weighted by Crippen LogP contribution is -2.28. The van der Waals surface area contributed by atoms with E-state index >= 15 is 0 Å². The molecule has 4 heteroatoms. The number of hydrogen-bond donors (Lipinski definition) is 2. The average molecular weight is 317 g/mol. The Morgan fingerprint density at radius 2 is 1.62 bits per heavy atom. The largest absolute Gasteiger partial charge is 0.324 e. The van der Waals surface area contributed by atoms with Crippen molar-refractivity contribution in [2.24, 2.45) is 0 Å². The molecule has 0 bridgehead atoms. The van der Waals surface area contributed by atoms with Crippen molar-refractivity contribution in [2.45, 2.75) is 6.54 Å². The Kier molecular flexibility index (Phi) is 5.32. The van der Waals surface area contributed by atoms with Crippen LogP contribution in [0.5, 0.6) is 0 Å². The van der Waals surface area contributed by atoms with Crippen LogP contribution in [-0.4, -0.2) is 17.4 Å². The first-order chi connectivity index (χ1) is 11.8. The SMILES string of the molecule is O=C(CNCc1ccccn1)Nc1ccccc1-c1ccccc1. The van der Waals surface area contributed by atoms with Crippen molar-refractivity contribution in [3.05, 3.63) is 84.7 Å². The molecule has 0 saturated heterocycles. The van der Waals surface area contributed by atoms with Gasteiger partial charge in [-0.25, -0.2) is 0 Å². The molecule has 1 amide bonds. The van der Waals surface area contributed by atoms with Crippen molar-refractivity contribution >= 4 is 11.6 Å². The summed E-state index contributed by atoms with van der Waals surface area (Å²) in [5.41, 5.74) is 3.81. The summed E-state index contributed by atoms with van der Waals surface area (Å²) in [6, 6.07) is 23.6. The number of nitrogens with zero attached hydrogens (tertiary/aromatic N) is 1. The molecule has 24 heavy (non-hydrogen) atoms. The summed E-state index contributed by atoms with van der Waals surface area (Å²) in [4.78, 5) is 16.4. The molecule has 0 fully saturated rings. The smallest absolute Gasteiger partial charge is 0.238 e. The zero-order chi connectivity index (χ0) is 16.6. The van der Waals surface area contributed by atoms with Gasteiger partial charge in [0.25, 0.3) is 0 Å². The summed E-state index contributed by atoms with van der Waals surface area (Å²) < 4.78 is 0. The molecule has 0 aliphatic carbocycles. The van der Waals surface area contributed by atoms with Gasteiger partial charge >= 0.3 is 0 Å². The molecular weight excluding hydrogens is 298 g/mol. The predicted molar refractivity (Wildman–Crippen MR) is 96.5 cm³/mol. The number of benzene rings is 2. The van der Waals surface area contributed by atoms with Crippen LogP contribution in [0.3, 0.4) is 0 Å². The summed E-state index contributed by atoms with van der Waals surface area (Å²) in [6.45, 7) is 0.800. The highest BCUT2D eigenvalue weighted by Gasteiger charge is 2.07. The highest BCUT2D eigenvalue weighted by Crippen LogP contribution is 2.27. The van der Waals surface area contributed by atoms with E-state index in [1.807, 2.05) is 72.8 Å². The minimum Gasteiger partial charge on any atom is -0.324 e. The van der Waals surface area contributed by atoms with E-state index in [1.165, 1.54) is 0 Å². The van der Waals surface area contributed by atoms with Crippen molar-refractivity contribution < 1.29 is 4.79 Å². The lowest BCUT2D eigenvalue weighted by Gasteiger charge is -2.11. The first kappa shape index (κ1) is 15.9. The third-order valence-corrected chi connectivity index (χ3v) is 3.60. The van der Waals surface area contributed by atoms with Crippen LogP contribution in [0.15, 0.2) is 79.0 Å². The number of nitrogens with one attached hydrogen (secondary N) is 2. The van der Waals surface area contributed by atoms with E-state index in [0.717, 1.165) is 22.5 Å². The topological polar surface area (TPSA) is 54.0 Å². The van der Waals surface area contributed by atoms with Crippen molar-refractivity contribution in [1.29, 1.82) is 0 Å². The molecule has 4 nitrogen and oxygen atoms in total. The van der Waals surface area contributed by atoms with Crippen LogP contribution in [0, 0.1) is 0 Å². The fraction of sp³-hybridized carbons (Fsp3) is 0.100. The van der Waals surface area contributed by atoms with Crippen LogP contribution in [0.1, 0.15) is 5.69 Å². The Hall–Kier alpha value is -2.98. The lowest BCUT2D eigenvalue weighted by atomic mass is 10.0. The van der Waals surface area contributed by atoms with E-state index < -0.39 is 0 Å². The lowest BCUT2D eigenvalue weighted by molar-refractivity contribution is -0.115. The Morgan fingerprint density at radius 3 is 2.42 bits per heavy atom. The zero-order valence-corrected chi connectivity index (χ0v) is 13.3. The number of rotatable bonds is 6. The summed E-state index contributed by atoms with van der Waals surface area (Å²) in [6.07, 6.45) is 1.74. The maximum absolute atomic E-state index is 12.2. The summed E-state index contributed by atoms with van der Waals surface area (Å²) in [5.74, 6) is -0.0747. The first-order valence-electron chi connectivity index (χ1n) is 7.88. The van der Waals surface area contributed by atoms with Crippen LogP contribution >= 0.6 is 0 Å². The van der Waals surface area contributed by atoms with Gasteiger partial charge in [-0.3, -0.25) is 9.78 Å².